The minimum absolute atomic E-state index is 0.102. The molecule has 0 aliphatic heterocycles. The molecule has 0 aliphatic carbocycles. The van der Waals surface area contributed by atoms with E-state index in [1.807, 2.05) is 32.0 Å². The molecule has 0 spiro atoms. The predicted octanol–water partition coefficient (Wildman–Crippen LogP) is 1.81. The Bertz CT molecular complexity index is 477. The van der Waals surface area contributed by atoms with Crippen LogP contribution in [0.3, 0.4) is 0 Å². The molecule has 0 heterocycles. The van der Waals surface area contributed by atoms with Crippen molar-refractivity contribution in [3.05, 3.63) is 29.3 Å². The molecular formula is C13H22N2O2S. The van der Waals surface area contributed by atoms with Gasteiger partial charge in [-0.05, 0) is 57.0 Å². The fraction of sp³-hybridized carbons (Fsp3) is 0.538. The average Bonchev–Trinajstić information content (AvgIpc) is 2.28. The van der Waals surface area contributed by atoms with Crippen LogP contribution in [0.1, 0.15) is 24.5 Å². The Balaban J connectivity index is 3.17. The van der Waals surface area contributed by atoms with Gasteiger partial charge in [0.15, 0.2) is 0 Å². The molecular weight excluding hydrogens is 248 g/mol. The van der Waals surface area contributed by atoms with Gasteiger partial charge < -0.3 is 5.73 Å². The monoisotopic (exact) mass is 270 g/mol. The molecule has 1 aromatic carbocycles. The Morgan fingerprint density at radius 2 is 1.72 bits per heavy atom. The van der Waals surface area contributed by atoms with E-state index in [0.717, 1.165) is 16.8 Å². The summed E-state index contributed by atoms with van der Waals surface area (Å²) in [5.74, 6) is 0.102. The van der Waals surface area contributed by atoms with Crippen molar-refractivity contribution in [2.45, 2.75) is 27.2 Å². The number of benzene rings is 1. The number of sulfonamides is 1. The molecule has 0 radical (unpaired) electrons. The van der Waals surface area contributed by atoms with E-state index in [-0.39, 0.29) is 5.75 Å². The summed E-state index contributed by atoms with van der Waals surface area (Å²) in [6.07, 6.45) is 0.659. The summed E-state index contributed by atoms with van der Waals surface area (Å²) in [5, 5.41) is 0. The molecule has 102 valence electrons. The number of aryl methyl sites for hydroxylation is 2. The molecule has 4 nitrogen and oxygen atoms in total. The number of anilines is 1. The predicted molar refractivity (Wildman–Crippen MR) is 76.4 cm³/mol. The van der Waals surface area contributed by atoms with Gasteiger partial charge in [0, 0.05) is 6.54 Å². The largest absolute Gasteiger partial charge is 0.330 e. The zero-order valence-corrected chi connectivity index (χ0v) is 12.1. The summed E-state index contributed by atoms with van der Waals surface area (Å²) in [6, 6.07) is 5.83. The molecule has 0 aromatic heterocycles. The van der Waals surface area contributed by atoms with Crippen LogP contribution in [0.2, 0.25) is 0 Å². The normalized spacial score (nSPS) is 11.6. The highest BCUT2D eigenvalue weighted by Crippen LogP contribution is 2.22. The van der Waals surface area contributed by atoms with Crippen LogP contribution in [-0.2, 0) is 10.0 Å². The van der Waals surface area contributed by atoms with Crippen molar-refractivity contribution in [1.29, 1.82) is 0 Å². The van der Waals surface area contributed by atoms with Crippen molar-refractivity contribution in [3.8, 4) is 0 Å². The van der Waals surface area contributed by atoms with Gasteiger partial charge in [-0.25, -0.2) is 8.42 Å². The van der Waals surface area contributed by atoms with E-state index in [4.69, 9.17) is 5.73 Å². The van der Waals surface area contributed by atoms with E-state index in [1.54, 1.807) is 6.92 Å². The Morgan fingerprint density at radius 3 is 2.17 bits per heavy atom. The Labute approximate surface area is 110 Å². The number of hydrogen-bond donors (Lipinski definition) is 1. The lowest BCUT2D eigenvalue weighted by Gasteiger charge is -2.24. The molecule has 0 saturated carbocycles. The van der Waals surface area contributed by atoms with E-state index in [0.29, 0.717) is 19.5 Å². The van der Waals surface area contributed by atoms with Gasteiger partial charge >= 0.3 is 0 Å². The maximum absolute atomic E-state index is 12.1. The highest BCUT2D eigenvalue weighted by atomic mass is 32.2. The number of nitrogens with zero attached hydrogens (tertiary/aromatic N) is 1. The molecule has 2 N–H and O–H groups in total. The van der Waals surface area contributed by atoms with Crippen LogP contribution < -0.4 is 10.0 Å². The minimum atomic E-state index is -3.24. The summed E-state index contributed by atoms with van der Waals surface area (Å²) >= 11 is 0. The molecule has 0 bridgehead atoms. The van der Waals surface area contributed by atoms with Gasteiger partial charge in [-0.15, -0.1) is 0 Å². The number of nitrogens with two attached hydrogens (primary N) is 1. The van der Waals surface area contributed by atoms with Crippen molar-refractivity contribution < 1.29 is 8.42 Å². The first-order valence-electron chi connectivity index (χ1n) is 6.19. The van der Waals surface area contributed by atoms with Gasteiger partial charge in [-0.1, -0.05) is 6.07 Å². The summed E-state index contributed by atoms with van der Waals surface area (Å²) in [5.41, 5.74) is 8.34. The van der Waals surface area contributed by atoms with Crippen molar-refractivity contribution in [2.24, 2.45) is 5.73 Å². The first-order chi connectivity index (χ1) is 8.40. The van der Waals surface area contributed by atoms with Crippen LogP contribution in [0.25, 0.3) is 0 Å². The van der Waals surface area contributed by atoms with Crippen LogP contribution >= 0.6 is 0 Å². The van der Waals surface area contributed by atoms with Gasteiger partial charge in [-0.2, -0.15) is 0 Å². The van der Waals surface area contributed by atoms with Crippen molar-refractivity contribution in [3.63, 3.8) is 0 Å². The summed E-state index contributed by atoms with van der Waals surface area (Å²) < 4.78 is 25.7. The Hall–Kier alpha value is -1.07. The van der Waals surface area contributed by atoms with Crippen LogP contribution in [0.5, 0.6) is 0 Å². The average molecular weight is 270 g/mol. The van der Waals surface area contributed by atoms with Gasteiger partial charge in [0.2, 0.25) is 10.0 Å². The molecule has 0 amide bonds. The zero-order valence-electron chi connectivity index (χ0n) is 11.3. The highest BCUT2D eigenvalue weighted by molar-refractivity contribution is 7.92. The van der Waals surface area contributed by atoms with E-state index in [2.05, 4.69) is 0 Å². The first kappa shape index (κ1) is 15.0. The van der Waals surface area contributed by atoms with Crippen molar-refractivity contribution in [2.75, 3.05) is 23.1 Å². The number of rotatable bonds is 6. The smallest absolute Gasteiger partial charge is 0.234 e. The van der Waals surface area contributed by atoms with Crippen LogP contribution in [0.4, 0.5) is 5.69 Å². The minimum Gasteiger partial charge on any atom is -0.330 e. The summed E-state index contributed by atoms with van der Waals surface area (Å²) in [7, 11) is -3.24. The second-order valence-electron chi connectivity index (χ2n) is 4.46. The lowest BCUT2D eigenvalue weighted by atomic mass is 10.1. The van der Waals surface area contributed by atoms with E-state index in [1.165, 1.54) is 4.31 Å². The molecule has 0 atom stereocenters. The van der Waals surface area contributed by atoms with Crippen molar-refractivity contribution >= 4 is 15.7 Å². The van der Waals surface area contributed by atoms with E-state index < -0.39 is 10.0 Å². The van der Waals surface area contributed by atoms with Gasteiger partial charge in [-0.3, -0.25) is 4.31 Å². The molecule has 0 unspecified atom stereocenters. The highest BCUT2D eigenvalue weighted by Gasteiger charge is 2.20. The molecule has 0 aliphatic rings. The topological polar surface area (TPSA) is 63.4 Å². The fourth-order valence-electron chi connectivity index (χ4n) is 1.91. The summed E-state index contributed by atoms with van der Waals surface area (Å²) in [6.45, 7) is 6.52. The molecule has 1 aromatic rings. The summed E-state index contributed by atoms with van der Waals surface area (Å²) in [4.78, 5) is 0. The van der Waals surface area contributed by atoms with Crippen molar-refractivity contribution in [1.82, 2.24) is 0 Å². The second-order valence-corrected chi connectivity index (χ2v) is 6.64. The third-order valence-electron chi connectivity index (χ3n) is 2.76. The van der Waals surface area contributed by atoms with Gasteiger partial charge in [0.25, 0.3) is 0 Å². The lowest BCUT2D eigenvalue weighted by Crippen LogP contribution is -2.34. The Morgan fingerprint density at radius 1 is 1.17 bits per heavy atom. The fourth-order valence-corrected chi connectivity index (χ4v) is 3.06. The quantitative estimate of drug-likeness (QED) is 0.857. The molecule has 0 saturated heterocycles. The van der Waals surface area contributed by atoms with E-state index >= 15 is 0 Å². The third-order valence-corrected chi connectivity index (χ3v) is 4.55. The third kappa shape index (κ3) is 3.71. The Kier molecular flexibility index (Phi) is 5.16. The zero-order chi connectivity index (χ0) is 13.8. The van der Waals surface area contributed by atoms with Gasteiger partial charge in [0.05, 0.1) is 11.4 Å². The number of hydrogen-bond acceptors (Lipinski definition) is 3. The SMILES string of the molecule is CCS(=O)(=O)N(CCCN)c1cc(C)cc(C)c1. The second kappa shape index (κ2) is 6.20. The van der Waals surface area contributed by atoms with Crippen LogP contribution in [-0.4, -0.2) is 27.3 Å². The molecule has 5 heteroatoms. The maximum atomic E-state index is 12.1. The van der Waals surface area contributed by atoms with Gasteiger partial charge in [0.1, 0.15) is 0 Å². The van der Waals surface area contributed by atoms with E-state index in [9.17, 15) is 8.42 Å². The maximum Gasteiger partial charge on any atom is 0.234 e. The lowest BCUT2D eigenvalue weighted by molar-refractivity contribution is 0.590. The molecule has 1 rings (SSSR count). The molecule has 18 heavy (non-hydrogen) atoms. The first-order valence-corrected chi connectivity index (χ1v) is 7.80. The molecule has 0 fully saturated rings. The standard InChI is InChI=1S/C13H22N2O2S/c1-4-18(16,17)15(7-5-6-14)13-9-11(2)8-12(3)10-13/h8-10H,4-7,14H2,1-3H3. The van der Waals surface area contributed by atoms with Crippen LogP contribution in [0.15, 0.2) is 18.2 Å². The van der Waals surface area contributed by atoms with Crippen LogP contribution in [0, 0.1) is 13.8 Å².